The Bertz CT molecular complexity index is 296. The number of aliphatic imine (C=N–C) groups is 1. The summed E-state index contributed by atoms with van der Waals surface area (Å²) in [4.78, 5) is 27.7. The van der Waals surface area contributed by atoms with Crippen LogP contribution in [0.3, 0.4) is 0 Å². The van der Waals surface area contributed by atoms with Gasteiger partial charge in [0.1, 0.15) is 6.04 Å². The highest BCUT2D eigenvalue weighted by Crippen LogP contribution is 2.14. The molecule has 0 bridgehead atoms. The molecule has 2 N–H and O–H groups in total. The Hall–Kier alpha value is -1.39. The number of nitrogens with zero attached hydrogens (tertiary/aromatic N) is 2. The van der Waals surface area contributed by atoms with Crippen molar-refractivity contribution in [2.24, 2.45) is 16.6 Å². The standard InChI is InChI=1S/C9H15N3O2/c1-5(2)8(10)11-6-4-7(13)12(3)9(6)14/h5-6H,4H2,1-3H3,(H2,10,11). The highest BCUT2D eigenvalue weighted by atomic mass is 16.2. The lowest BCUT2D eigenvalue weighted by molar-refractivity contribution is -0.136. The van der Waals surface area contributed by atoms with Crippen LogP contribution in [-0.2, 0) is 9.59 Å². The largest absolute Gasteiger partial charge is 0.387 e. The summed E-state index contributed by atoms with van der Waals surface area (Å²) < 4.78 is 0. The van der Waals surface area contributed by atoms with Crippen LogP contribution in [0.15, 0.2) is 4.99 Å². The number of amides is 2. The molecular formula is C9H15N3O2. The number of amidine groups is 1. The second-order valence-corrected chi connectivity index (χ2v) is 3.72. The van der Waals surface area contributed by atoms with Gasteiger partial charge in [-0.1, -0.05) is 13.8 Å². The molecule has 1 aliphatic rings. The van der Waals surface area contributed by atoms with Gasteiger partial charge in [-0.05, 0) is 0 Å². The van der Waals surface area contributed by atoms with Crippen LogP contribution in [0.2, 0.25) is 0 Å². The third-order valence-corrected chi connectivity index (χ3v) is 2.25. The topological polar surface area (TPSA) is 75.8 Å². The quantitative estimate of drug-likeness (QED) is 0.377. The third-order valence-electron chi connectivity index (χ3n) is 2.25. The minimum Gasteiger partial charge on any atom is -0.387 e. The van der Waals surface area contributed by atoms with Crippen LogP contribution in [0.5, 0.6) is 0 Å². The van der Waals surface area contributed by atoms with Crippen molar-refractivity contribution in [2.75, 3.05) is 7.05 Å². The van der Waals surface area contributed by atoms with E-state index in [2.05, 4.69) is 4.99 Å². The van der Waals surface area contributed by atoms with Crippen LogP contribution >= 0.6 is 0 Å². The molecule has 0 aromatic carbocycles. The first-order valence-electron chi connectivity index (χ1n) is 4.57. The lowest BCUT2D eigenvalue weighted by Crippen LogP contribution is -2.29. The SMILES string of the molecule is CC(C)C(N)=NC1CC(=O)N(C)C1=O. The molecule has 14 heavy (non-hydrogen) atoms. The van der Waals surface area contributed by atoms with E-state index in [1.165, 1.54) is 7.05 Å². The maximum Gasteiger partial charge on any atom is 0.254 e. The van der Waals surface area contributed by atoms with Crippen molar-refractivity contribution in [2.45, 2.75) is 26.3 Å². The minimum atomic E-state index is -0.602. The minimum absolute atomic E-state index is 0.101. The van der Waals surface area contributed by atoms with Gasteiger partial charge in [0.25, 0.3) is 5.91 Å². The molecule has 0 saturated carbocycles. The van der Waals surface area contributed by atoms with Crippen molar-refractivity contribution in [3.63, 3.8) is 0 Å². The maximum absolute atomic E-state index is 11.4. The molecule has 0 radical (unpaired) electrons. The Labute approximate surface area is 83.0 Å². The first kappa shape index (κ1) is 10.7. The average molecular weight is 197 g/mol. The fraction of sp³-hybridized carbons (Fsp3) is 0.667. The number of carbonyl (C=O) groups excluding carboxylic acids is 2. The predicted molar refractivity (Wildman–Crippen MR) is 52.6 cm³/mol. The smallest absolute Gasteiger partial charge is 0.254 e. The molecule has 0 aromatic heterocycles. The van der Waals surface area contributed by atoms with E-state index in [1.54, 1.807) is 0 Å². The molecular weight excluding hydrogens is 182 g/mol. The second kappa shape index (κ2) is 3.77. The zero-order valence-electron chi connectivity index (χ0n) is 8.65. The van der Waals surface area contributed by atoms with Crippen molar-refractivity contribution in [3.8, 4) is 0 Å². The molecule has 1 unspecified atom stereocenters. The Morgan fingerprint density at radius 2 is 2.14 bits per heavy atom. The van der Waals surface area contributed by atoms with Crippen molar-refractivity contribution >= 4 is 17.6 Å². The van der Waals surface area contributed by atoms with Gasteiger partial charge in [-0.15, -0.1) is 0 Å². The lowest BCUT2D eigenvalue weighted by atomic mass is 10.2. The van der Waals surface area contributed by atoms with Gasteiger partial charge in [-0.3, -0.25) is 19.5 Å². The highest BCUT2D eigenvalue weighted by Gasteiger charge is 2.35. The number of nitrogens with two attached hydrogens (primary N) is 1. The Morgan fingerprint density at radius 3 is 2.50 bits per heavy atom. The number of likely N-dealkylation sites (tertiary alicyclic amines) is 1. The third kappa shape index (κ3) is 1.92. The Morgan fingerprint density at radius 1 is 1.57 bits per heavy atom. The summed E-state index contributed by atoms with van der Waals surface area (Å²) in [6, 6.07) is -0.602. The molecule has 1 aliphatic heterocycles. The molecule has 1 heterocycles. The van der Waals surface area contributed by atoms with Crippen LogP contribution in [0.25, 0.3) is 0 Å². The summed E-state index contributed by atoms with van der Waals surface area (Å²) in [5, 5.41) is 0. The molecule has 0 aliphatic carbocycles. The second-order valence-electron chi connectivity index (χ2n) is 3.72. The first-order valence-corrected chi connectivity index (χ1v) is 4.57. The van der Waals surface area contributed by atoms with Gasteiger partial charge in [-0.2, -0.15) is 0 Å². The monoisotopic (exact) mass is 197 g/mol. The molecule has 0 aromatic rings. The summed E-state index contributed by atoms with van der Waals surface area (Å²) in [6.45, 7) is 3.79. The molecule has 0 spiro atoms. The van der Waals surface area contributed by atoms with E-state index in [0.717, 1.165) is 4.90 Å². The number of likely N-dealkylation sites (N-methyl/N-ethyl adjacent to an activating group) is 1. The Kier molecular flexibility index (Phi) is 2.88. The maximum atomic E-state index is 11.4. The number of hydrogen-bond acceptors (Lipinski definition) is 3. The lowest BCUT2D eigenvalue weighted by Gasteiger charge is -2.08. The van der Waals surface area contributed by atoms with E-state index in [0.29, 0.717) is 5.84 Å². The van der Waals surface area contributed by atoms with Gasteiger partial charge < -0.3 is 5.73 Å². The number of rotatable bonds is 2. The van der Waals surface area contributed by atoms with Crippen molar-refractivity contribution in [1.29, 1.82) is 0 Å². The number of imide groups is 1. The molecule has 1 atom stereocenters. The van der Waals surface area contributed by atoms with Crippen molar-refractivity contribution in [3.05, 3.63) is 0 Å². The van der Waals surface area contributed by atoms with Gasteiger partial charge in [0.15, 0.2) is 0 Å². The fourth-order valence-electron chi connectivity index (χ4n) is 1.17. The summed E-state index contributed by atoms with van der Waals surface area (Å²) in [6.07, 6.45) is 0.142. The fourth-order valence-corrected chi connectivity index (χ4v) is 1.17. The summed E-state index contributed by atoms with van der Waals surface area (Å²) in [5.74, 6) is 0.0640. The van der Waals surface area contributed by atoms with Crippen LogP contribution < -0.4 is 5.73 Å². The van der Waals surface area contributed by atoms with E-state index in [4.69, 9.17) is 5.73 Å². The molecule has 5 heteroatoms. The van der Waals surface area contributed by atoms with E-state index in [1.807, 2.05) is 13.8 Å². The zero-order valence-corrected chi connectivity index (χ0v) is 8.65. The molecule has 1 saturated heterocycles. The highest BCUT2D eigenvalue weighted by molar-refractivity contribution is 6.06. The molecule has 78 valence electrons. The van der Waals surface area contributed by atoms with E-state index < -0.39 is 6.04 Å². The number of carbonyl (C=O) groups is 2. The van der Waals surface area contributed by atoms with E-state index >= 15 is 0 Å². The van der Waals surface area contributed by atoms with Crippen LogP contribution in [0, 0.1) is 5.92 Å². The normalized spacial score (nSPS) is 23.9. The molecule has 5 nitrogen and oxygen atoms in total. The van der Waals surface area contributed by atoms with Gasteiger partial charge >= 0.3 is 0 Å². The van der Waals surface area contributed by atoms with Gasteiger partial charge in [0.2, 0.25) is 5.91 Å². The van der Waals surface area contributed by atoms with Gasteiger partial charge in [0, 0.05) is 13.0 Å². The average Bonchev–Trinajstić information content (AvgIpc) is 2.33. The van der Waals surface area contributed by atoms with Crippen LogP contribution in [-0.4, -0.2) is 35.6 Å². The molecule has 2 amide bonds. The Balaban J connectivity index is 2.78. The van der Waals surface area contributed by atoms with Crippen LogP contribution in [0.1, 0.15) is 20.3 Å². The van der Waals surface area contributed by atoms with E-state index in [-0.39, 0.29) is 24.2 Å². The summed E-state index contributed by atoms with van der Waals surface area (Å²) >= 11 is 0. The van der Waals surface area contributed by atoms with E-state index in [9.17, 15) is 9.59 Å². The van der Waals surface area contributed by atoms with Crippen molar-refractivity contribution in [1.82, 2.24) is 4.90 Å². The summed E-state index contributed by atoms with van der Waals surface area (Å²) in [5.41, 5.74) is 5.62. The predicted octanol–water partition coefficient (Wildman–Crippen LogP) is -0.243. The summed E-state index contributed by atoms with van der Waals surface area (Å²) in [7, 11) is 1.46. The molecule has 1 rings (SSSR count). The van der Waals surface area contributed by atoms with Crippen LogP contribution in [0.4, 0.5) is 0 Å². The van der Waals surface area contributed by atoms with Crippen molar-refractivity contribution < 1.29 is 9.59 Å². The molecule has 1 fully saturated rings. The van der Waals surface area contributed by atoms with Gasteiger partial charge in [0.05, 0.1) is 12.3 Å². The zero-order chi connectivity index (χ0) is 10.9. The number of hydrogen-bond donors (Lipinski definition) is 1. The first-order chi connectivity index (χ1) is 6.43. The van der Waals surface area contributed by atoms with Gasteiger partial charge in [-0.25, -0.2) is 0 Å².